The first-order chi connectivity index (χ1) is 14.2. The Labute approximate surface area is 197 Å². The van der Waals surface area contributed by atoms with Gasteiger partial charge in [-0.25, -0.2) is 9.98 Å². The summed E-state index contributed by atoms with van der Waals surface area (Å²) in [5.74, 6) is 1.56. The first-order valence-electron chi connectivity index (χ1n) is 9.74. The molecular weight excluding hydrogens is 509 g/mol. The fourth-order valence-electron chi connectivity index (χ4n) is 3.29. The molecule has 8 heteroatoms. The third kappa shape index (κ3) is 4.93. The van der Waals surface area contributed by atoms with Gasteiger partial charge in [-0.1, -0.05) is 30.3 Å². The van der Waals surface area contributed by atoms with E-state index in [-0.39, 0.29) is 24.0 Å². The van der Waals surface area contributed by atoms with Crippen LogP contribution in [0.1, 0.15) is 23.7 Å². The molecule has 158 valence electrons. The van der Waals surface area contributed by atoms with E-state index in [1.807, 2.05) is 44.3 Å². The van der Waals surface area contributed by atoms with Gasteiger partial charge in [0.15, 0.2) is 5.96 Å². The third-order valence-electron chi connectivity index (χ3n) is 4.84. The summed E-state index contributed by atoms with van der Waals surface area (Å²) in [6.07, 6.45) is -0.591. The Morgan fingerprint density at radius 3 is 2.70 bits per heavy atom. The molecule has 0 fully saturated rings. The molecule has 0 bridgehead atoms. The number of halogens is 1. The van der Waals surface area contributed by atoms with Crippen LogP contribution >= 0.6 is 35.3 Å². The Kier molecular flexibility index (Phi) is 7.68. The Morgan fingerprint density at radius 1 is 1.17 bits per heavy atom. The highest BCUT2D eigenvalue weighted by molar-refractivity contribution is 14.0. The molecule has 0 spiro atoms. The van der Waals surface area contributed by atoms with E-state index >= 15 is 0 Å². The van der Waals surface area contributed by atoms with Crippen molar-refractivity contribution in [3.8, 4) is 0 Å². The van der Waals surface area contributed by atoms with E-state index in [9.17, 15) is 5.11 Å². The van der Waals surface area contributed by atoms with Crippen LogP contribution in [0.2, 0.25) is 0 Å². The molecule has 30 heavy (non-hydrogen) atoms. The number of thiophene rings is 1. The number of aromatic nitrogens is 2. The van der Waals surface area contributed by atoms with Gasteiger partial charge in [-0.15, -0.1) is 35.3 Å². The number of aliphatic hydroxyl groups excluding tert-OH is 1. The Morgan fingerprint density at radius 2 is 1.93 bits per heavy atom. The summed E-state index contributed by atoms with van der Waals surface area (Å²) in [6, 6.07) is 18.3. The van der Waals surface area contributed by atoms with Crippen molar-refractivity contribution in [1.82, 2.24) is 20.2 Å². The molecule has 4 aromatic rings. The van der Waals surface area contributed by atoms with Gasteiger partial charge < -0.3 is 20.3 Å². The second-order valence-electron chi connectivity index (χ2n) is 6.85. The minimum absolute atomic E-state index is 0. The number of hydrogen-bond donors (Lipinski definition) is 3. The first-order valence-corrected chi connectivity index (χ1v) is 10.6. The van der Waals surface area contributed by atoms with Crippen molar-refractivity contribution in [1.29, 1.82) is 0 Å². The topological polar surface area (TPSA) is 74.5 Å². The highest BCUT2D eigenvalue weighted by Gasteiger charge is 2.12. The van der Waals surface area contributed by atoms with Crippen LogP contribution in [0.25, 0.3) is 21.1 Å². The van der Waals surface area contributed by atoms with E-state index in [1.54, 1.807) is 11.3 Å². The molecule has 0 aliphatic carbocycles. The van der Waals surface area contributed by atoms with E-state index in [2.05, 4.69) is 49.4 Å². The standard InChI is InChI=1S/C22H25N5OS.HI/c1-3-23-22(25-14-21-26-16-9-5-6-10-17(16)27(21)2)24-13-18(28)20-12-15-8-4-7-11-19(15)29-20;/h4-12,18,28H,3,13-14H2,1-2H3,(H2,23,24,25);1H. The van der Waals surface area contributed by atoms with E-state index in [0.717, 1.165) is 33.7 Å². The van der Waals surface area contributed by atoms with Crippen molar-refractivity contribution >= 4 is 62.4 Å². The van der Waals surface area contributed by atoms with Gasteiger partial charge in [0.2, 0.25) is 0 Å². The number of imidazole rings is 1. The summed E-state index contributed by atoms with van der Waals surface area (Å²) in [6.45, 7) is 3.61. The molecule has 0 aliphatic heterocycles. The van der Waals surface area contributed by atoms with Crippen LogP contribution in [0.3, 0.4) is 0 Å². The number of para-hydroxylation sites is 2. The largest absolute Gasteiger partial charge is 0.386 e. The molecule has 1 atom stereocenters. The number of hydrogen-bond acceptors (Lipinski definition) is 4. The Bertz CT molecular complexity index is 1120. The van der Waals surface area contributed by atoms with Gasteiger partial charge in [-0.2, -0.15) is 0 Å². The van der Waals surface area contributed by atoms with Crippen LogP contribution < -0.4 is 10.6 Å². The maximum atomic E-state index is 10.6. The van der Waals surface area contributed by atoms with Crippen LogP contribution in [0.5, 0.6) is 0 Å². The molecule has 2 aromatic heterocycles. The van der Waals surface area contributed by atoms with Crippen molar-refractivity contribution in [2.45, 2.75) is 19.6 Å². The number of benzene rings is 2. The zero-order chi connectivity index (χ0) is 20.2. The fourth-order valence-corrected chi connectivity index (χ4v) is 4.34. The molecule has 3 N–H and O–H groups in total. The molecule has 1 unspecified atom stereocenters. The second kappa shape index (κ2) is 10.2. The zero-order valence-corrected chi connectivity index (χ0v) is 20.1. The average Bonchev–Trinajstić information content (AvgIpc) is 3.31. The number of aryl methyl sites for hydroxylation is 1. The lowest BCUT2D eigenvalue weighted by atomic mass is 10.2. The predicted octanol–water partition coefficient (Wildman–Crippen LogP) is 4.19. The van der Waals surface area contributed by atoms with E-state index < -0.39 is 6.10 Å². The Balaban J connectivity index is 0.00000256. The van der Waals surface area contributed by atoms with Crippen molar-refractivity contribution in [3.05, 3.63) is 65.3 Å². The minimum Gasteiger partial charge on any atom is -0.386 e. The van der Waals surface area contributed by atoms with Gasteiger partial charge >= 0.3 is 0 Å². The normalized spacial score (nSPS) is 12.7. The zero-order valence-electron chi connectivity index (χ0n) is 17.0. The Hall–Kier alpha value is -2.17. The number of fused-ring (bicyclic) bond motifs is 2. The van der Waals surface area contributed by atoms with Crippen LogP contribution in [0, 0.1) is 0 Å². The van der Waals surface area contributed by atoms with Crippen molar-refractivity contribution in [3.63, 3.8) is 0 Å². The molecule has 0 saturated carbocycles. The van der Waals surface area contributed by atoms with Crippen LogP contribution in [-0.4, -0.2) is 33.7 Å². The number of guanidine groups is 1. The maximum absolute atomic E-state index is 10.6. The number of rotatable bonds is 6. The van der Waals surface area contributed by atoms with Crippen LogP contribution in [0.15, 0.2) is 59.6 Å². The lowest BCUT2D eigenvalue weighted by Gasteiger charge is -2.14. The molecular formula is C22H26IN5OS. The molecule has 0 saturated heterocycles. The molecule has 0 aliphatic rings. The van der Waals surface area contributed by atoms with Crippen molar-refractivity contribution < 1.29 is 5.11 Å². The fraction of sp³-hybridized carbons (Fsp3) is 0.273. The van der Waals surface area contributed by atoms with Gasteiger partial charge in [0.05, 0.1) is 11.0 Å². The second-order valence-corrected chi connectivity index (χ2v) is 7.97. The van der Waals surface area contributed by atoms with E-state index in [0.29, 0.717) is 19.0 Å². The van der Waals surface area contributed by atoms with Crippen LogP contribution in [-0.2, 0) is 13.6 Å². The van der Waals surface area contributed by atoms with Crippen molar-refractivity contribution in [2.75, 3.05) is 13.1 Å². The molecule has 2 aromatic carbocycles. The molecule has 0 amide bonds. The summed E-state index contributed by atoms with van der Waals surface area (Å²) >= 11 is 1.62. The van der Waals surface area contributed by atoms with Crippen molar-refractivity contribution in [2.24, 2.45) is 12.0 Å². The molecule has 2 heterocycles. The summed E-state index contributed by atoms with van der Waals surface area (Å²) in [5, 5.41) is 18.3. The average molecular weight is 535 g/mol. The number of nitrogens with zero attached hydrogens (tertiary/aromatic N) is 3. The lowest BCUT2D eigenvalue weighted by Crippen LogP contribution is -2.39. The summed E-state index contributed by atoms with van der Waals surface area (Å²) in [4.78, 5) is 10.3. The van der Waals surface area contributed by atoms with E-state index in [4.69, 9.17) is 0 Å². The predicted molar refractivity (Wildman–Crippen MR) is 136 cm³/mol. The molecule has 6 nitrogen and oxygen atoms in total. The number of aliphatic imine (C=N–C) groups is 1. The van der Waals surface area contributed by atoms with E-state index in [1.165, 1.54) is 4.70 Å². The monoisotopic (exact) mass is 535 g/mol. The van der Waals surface area contributed by atoms with Gasteiger partial charge in [-0.3, -0.25) is 0 Å². The van der Waals surface area contributed by atoms with Gasteiger partial charge in [-0.05, 0) is 36.6 Å². The van der Waals surface area contributed by atoms with Gasteiger partial charge in [0.25, 0.3) is 0 Å². The number of aliphatic hydroxyl groups is 1. The number of nitrogens with one attached hydrogen (secondary N) is 2. The van der Waals surface area contributed by atoms with Gasteiger partial charge in [0.1, 0.15) is 18.5 Å². The third-order valence-corrected chi connectivity index (χ3v) is 6.06. The van der Waals surface area contributed by atoms with Gasteiger partial charge in [0, 0.05) is 29.7 Å². The summed E-state index contributed by atoms with van der Waals surface area (Å²) in [7, 11) is 2.01. The minimum atomic E-state index is -0.591. The highest BCUT2D eigenvalue weighted by Crippen LogP contribution is 2.29. The van der Waals surface area contributed by atoms with Crippen LogP contribution in [0.4, 0.5) is 0 Å². The SMILES string of the molecule is CCNC(=NCc1nc2ccccc2n1C)NCC(O)c1cc2ccccc2s1.I. The smallest absolute Gasteiger partial charge is 0.191 e. The molecule has 0 radical (unpaired) electrons. The highest BCUT2D eigenvalue weighted by atomic mass is 127. The summed E-state index contributed by atoms with van der Waals surface area (Å²) in [5.41, 5.74) is 2.06. The first kappa shape index (κ1) is 22.5. The quantitative estimate of drug-likeness (QED) is 0.197. The summed E-state index contributed by atoms with van der Waals surface area (Å²) < 4.78 is 3.25. The lowest BCUT2D eigenvalue weighted by molar-refractivity contribution is 0.184. The molecule has 4 rings (SSSR count). The maximum Gasteiger partial charge on any atom is 0.191 e.